The van der Waals surface area contributed by atoms with E-state index in [1.807, 2.05) is 11.8 Å². The summed E-state index contributed by atoms with van der Waals surface area (Å²) < 4.78 is 0. The summed E-state index contributed by atoms with van der Waals surface area (Å²) in [5, 5.41) is 3.75. The fourth-order valence-corrected chi connectivity index (χ4v) is 4.86. The van der Waals surface area contributed by atoms with Gasteiger partial charge >= 0.3 is 0 Å². The topological polar surface area (TPSA) is 15.3 Å². The average molecular weight is 305 g/mol. The second-order valence-corrected chi connectivity index (χ2v) is 7.88. The largest absolute Gasteiger partial charge is 0.311 e. The fraction of sp³-hybridized carbons (Fsp3) is 0.667. The Kier molecular flexibility index (Phi) is 4.92. The van der Waals surface area contributed by atoms with Gasteiger partial charge in [0, 0.05) is 48.3 Å². The van der Waals surface area contributed by atoms with Crippen LogP contribution >= 0.6 is 11.8 Å². The molecule has 21 heavy (non-hydrogen) atoms. The molecule has 116 valence electrons. The Labute approximate surface area is 133 Å². The molecule has 0 aromatic heterocycles. The van der Waals surface area contributed by atoms with Gasteiger partial charge in [0.2, 0.25) is 0 Å². The first-order chi connectivity index (χ1) is 10.2. The maximum Gasteiger partial charge on any atom is 0.0219 e. The Morgan fingerprint density at radius 3 is 2.90 bits per heavy atom. The van der Waals surface area contributed by atoms with Gasteiger partial charge in [-0.25, -0.2) is 0 Å². The van der Waals surface area contributed by atoms with E-state index < -0.39 is 0 Å². The Balaban J connectivity index is 1.70. The van der Waals surface area contributed by atoms with Gasteiger partial charge in [0.05, 0.1) is 0 Å². The van der Waals surface area contributed by atoms with Crippen molar-refractivity contribution in [1.82, 2.24) is 10.2 Å². The number of rotatable bonds is 4. The Hall–Kier alpha value is -0.510. The van der Waals surface area contributed by atoms with Gasteiger partial charge in [-0.3, -0.25) is 4.90 Å². The molecule has 0 bridgehead atoms. The molecule has 2 nitrogen and oxygen atoms in total. The molecule has 2 heterocycles. The minimum absolute atomic E-state index is 0.650. The van der Waals surface area contributed by atoms with Crippen LogP contribution in [0, 0.1) is 5.92 Å². The zero-order chi connectivity index (χ0) is 14.8. The molecular weight excluding hydrogens is 276 g/mol. The van der Waals surface area contributed by atoms with Crippen LogP contribution < -0.4 is 5.32 Å². The predicted molar refractivity (Wildman–Crippen MR) is 92.2 cm³/mol. The minimum atomic E-state index is 0.650. The van der Waals surface area contributed by atoms with E-state index in [1.165, 1.54) is 30.2 Å². The molecule has 1 aromatic rings. The molecule has 0 spiro atoms. The maximum atomic E-state index is 3.75. The molecule has 2 aliphatic rings. The molecule has 1 fully saturated rings. The lowest BCUT2D eigenvalue weighted by atomic mass is 9.95. The van der Waals surface area contributed by atoms with E-state index >= 15 is 0 Å². The van der Waals surface area contributed by atoms with Crippen LogP contribution in [-0.4, -0.2) is 42.4 Å². The molecule has 0 aliphatic carbocycles. The van der Waals surface area contributed by atoms with Crippen molar-refractivity contribution >= 4 is 11.8 Å². The highest BCUT2D eigenvalue weighted by molar-refractivity contribution is 7.99. The number of hydrogen-bond acceptors (Lipinski definition) is 3. The maximum absolute atomic E-state index is 3.75. The SMILES string of the molecule is CCC1CNC(C(C)C)CN1CC1CSc2ccccc21. The molecule has 1 aromatic carbocycles. The molecule has 0 radical (unpaired) electrons. The van der Waals surface area contributed by atoms with Gasteiger partial charge in [-0.05, 0) is 24.0 Å². The van der Waals surface area contributed by atoms with E-state index in [-0.39, 0.29) is 0 Å². The highest BCUT2D eigenvalue weighted by Crippen LogP contribution is 2.40. The second-order valence-electron chi connectivity index (χ2n) is 6.82. The number of nitrogens with zero attached hydrogens (tertiary/aromatic N) is 1. The van der Waals surface area contributed by atoms with Gasteiger partial charge in [0.1, 0.15) is 0 Å². The summed E-state index contributed by atoms with van der Waals surface area (Å²) >= 11 is 2.04. The Morgan fingerprint density at radius 2 is 2.14 bits per heavy atom. The second kappa shape index (κ2) is 6.72. The van der Waals surface area contributed by atoms with Crippen LogP contribution in [-0.2, 0) is 0 Å². The van der Waals surface area contributed by atoms with E-state index in [0.717, 1.165) is 12.5 Å². The number of thioether (sulfide) groups is 1. The van der Waals surface area contributed by atoms with Crippen molar-refractivity contribution in [2.45, 2.75) is 50.1 Å². The number of hydrogen-bond donors (Lipinski definition) is 1. The van der Waals surface area contributed by atoms with Crippen molar-refractivity contribution in [3.63, 3.8) is 0 Å². The normalized spacial score (nSPS) is 29.8. The molecule has 0 saturated carbocycles. The third kappa shape index (κ3) is 3.30. The molecule has 3 heteroatoms. The highest BCUT2D eigenvalue weighted by atomic mass is 32.2. The zero-order valence-corrected chi connectivity index (χ0v) is 14.3. The first kappa shape index (κ1) is 15.4. The van der Waals surface area contributed by atoms with E-state index in [2.05, 4.69) is 55.3 Å². The highest BCUT2D eigenvalue weighted by Gasteiger charge is 2.32. The van der Waals surface area contributed by atoms with Gasteiger partial charge in [-0.15, -0.1) is 11.8 Å². The summed E-state index contributed by atoms with van der Waals surface area (Å²) in [6.07, 6.45) is 1.25. The standard InChI is InChI=1S/C18H28N2S/c1-4-15-9-19-17(13(2)3)11-20(15)10-14-12-21-18-8-6-5-7-16(14)18/h5-8,13-15,17,19H,4,9-12H2,1-3H3. The van der Waals surface area contributed by atoms with Gasteiger partial charge in [-0.2, -0.15) is 0 Å². The molecular formula is C18H28N2S. The van der Waals surface area contributed by atoms with Crippen LogP contribution in [0.2, 0.25) is 0 Å². The van der Waals surface area contributed by atoms with Gasteiger partial charge in [-0.1, -0.05) is 39.0 Å². The lowest BCUT2D eigenvalue weighted by Gasteiger charge is -2.42. The zero-order valence-electron chi connectivity index (χ0n) is 13.5. The Morgan fingerprint density at radius 1 is 1.33 bits per heavy atom. The Bertz CT molecular complexity index is 474. The van der Waals surface area contributed by atoms with Crippen LogP contribution in [0.3, 0.4) is 0 Å². The van der Waals surface area contributed by atoms with Crippen molar-refractivity contribution in [2.75, 3.05) is 25.4 Å². The number of benzene rings is 1. The van der Waals surface area contributed by atoms with Crippen LogP contribution in [0.15, 0.2) is 29.2 Å². The summed E-state index contributed by atoms with van der Waals surface area (Å²) in [6.45, 7) is 10.6. The van der Waals surface area contributed by atoms with Gasteiger partial charge in [0.25, 0.3) is 0 Å². The lowest BCUT2D eigenvalue weighted by molar-refractivity contribution is 0.105. The van der Waals surface area contributed by atoms with Crippen LogP contribution in [0.5, 0.6) is 0 Å². The fourth-order valence-electron chi connectivity index (χ4n) is 3.62. The lowest BCUT2D eigenvalue weighted by Crippen LogP contribution is -2.58. The van der Waals surface area contributed by atoms with E-state index in [4.69, 9.17) is 0 Å². The molecule has 0 amide bonds. The number of piperazine rings is 1. The monoisotopic (exact) mass is 304 g/mol. The molecule has 2 aliphatic heterocycles. The van der Waals surface area contributed by atoms with E-state index in [1.54, 1.807) is 5.56 Å². The summed E-state index contributed by atoms with van der Waals surface area (Å²) in [6, 6.07) is 10.3. The summed E-state index contributed by atoms with van der Waals surface area (Å²) in [5.41, 5.74) is 1.58. The summed E-state index contributed by atoms with van der Waals surface area (Å²) in [4.78, 5) is 4.26. The first-order valence-electron chi connectivity index (χ1n) is 8.38. The van der Waals surface area contributed by atoms with E-state index in [9.17, 15) is 0 Å². The van der Waals surface area contributed by atoms with Gasteiger partial charge in [0.15, 0.2) is 0 Å². The van der Waals surface area contributed by atoms with Crippen molar-refractivity contribution in [2.24, 2.45) is 5.92 Å². The van der Waals surface area contributed by atoms with Crippen LogP contribution in [0.1, 0.15) is 38.7 Å². The van der Waals surface area contributed by atoms with Crippen molar-refractivity contribution in [3.05, 3.63) is 29.8 Å². The predicted octanol–water partition coefficient (Wildman–Crippen LogP) is 3.58. The summed E-state index contributed by atoms with van der Waals surface area (Å²) in [5.74, 6) is 2.69. The van der Waals surface area contributed by atoms with E-state index in [0.29, 0.717) is 18.0 Å². The molecule has 1 saturated heterocycles. The minimum Gasteiger partial charge on any atom is -0.311 e. The smallest absolute Gasteiger partial charge is 0.0219 e. The van der Waals surface area contributed by atoms with Crippen LogP contribution in [0.25, 0.3) is 0 Å². The van der Waals surface area contributed by atoms with Gasteiger partial charge < -0.3 is 5.32 Å². The molecule has 3 rings (SSSR count). The third-order valence-electron chi connectivity index (χ3n) is 5.09. The summed E-state index contributed by atoms with van der Waals surface area (Å²) in [7, 11) is 0. The first-order valence-corrected chi connectivity index (χ1v) is 9.36. The third-order valence-corrected chi connectivity index (χ3v) is 6.34. The molecule has 1 N–H and O–H groups in total. The molecule has 3 atom stereocenters. The van der Waals surface area contributed by atoms with Crippen molar-refractivity contribution in [1.29, 1.82) is 0 Å². The quantitative estimate of drug-likeness (QED) is 0.915. The van der Waals surface area contributed by atoms with Crippen molar-refractivity contribution in [3.8, 4) is 0 Å². The average Bonchev–Trinajstić information content (AvgIpc) is 2.90. The van der Waals surface area contributed by atoms with Crippen molar-refractivity contribution < 1.29 is 0 Å². The molecule has 3 unspecified atom stereocenters. The number of fused-ring (bicyclic) bond motifs is 1. The van der Waals surface area contributed by atoms with Crippen LogP contribution in [0.4, 0.5) is 0 Å². The number of nitrogens with one attached hydrogen (secondary N) is 1.